The molecule has 1 aliphatic heterocycles. The molecular weight excluding hydrogens is 410 g/mol. The lowest BCUT2D eigenvalue weighted by molar-refractivity contribution is -0.116. The number of H-pyrrole nitrogens is 1. The number of halogens is 1. The minimum atomic E-state index is -1.07. The molecule has 0 atom stereocenters. The maximum absolute atomic E-state index is 11.8. The number of hydrogen-bond acceptors (Lipinski definition) is 8. The molecule has 1 aliphatic rings. The Morgan fingerprint density at radius 3 is 2.89 bits per heavy atom. The van der Waals surface area contributed by atoms with Gasteiger partial charge < -0.3 is 15.0 Å². The van der Waals surface area contributed by atoms with Crippen LogP contribution >= 0.6 is 34.7 Å². The maximum Gasteiger partial charge on any atom is 0.355 e. The zero-order valence-corrected chi connectivity index (χ0v) is 16.5. The van der Waals surface area contributed by atoms with Crippen LogP contribution in [0.15, 0.2) is 14.9 Å². The summed E-state index contributed by atoms with van der Waals surface area (Å²) in [5.74, 6) is -0.303. The standard InChI is InChI=1S/C16H14ClN5O3S2/c1-2-8-11(17)10-12(18-8)20-15(21-13(10)22-4-3-7(23)5-22)27-16-19-9(6-26-16)14(24)25/h6H,2-5H2,1H3,(H,24,25)(H,18,20,21). The predicted octanol–water partition coefficient (Wildman–Crippen LogP) is 3.26. The van der Waals surface area contributed by atoms with E-state index >= 15 is 0 Å². The van der Waals surface area contributed by atoms with E-state index in [0.717, 1.165) is 5.69 Å². The second-order valence-electron chi connectivity index (χ2n) is 5.94. The highest BCUT2D eigenvalue weighted by atomic mass is 35.5. The van der Waals surface area contributed by atoms with Gasteiger partial charge in [0.15, 0.2) is 21.0 Å². The van der Waals surface area contributed by atoms with Crippen molar-refractivity contribution in [3.05, 3.63) is 21.8 Å². The minimum Gasteiger partial charge on any atom is -0.476 e. The number of anilines is 1. The highest BCUT2D eigenvalue weighted by Crippen LogP contribution is 2.37. The van der Waals surface area contributed by atoms with Crippen molar-refractivity contribution in [2.45, 2.75) is 29.3 Å². The first-order valence-corrected chi connectivity index (χ1v) is 10.2. The van der Waals surface area contributed by atoms with Gasteiger partial charge in [0.05, 0.1) is 17.0 Å². The number of rotatable bonds is 5. The predicted molar refractivity (Wildman–Crippen MR) is 103 cm³/mol. The fourth-order valence-electron chi connectivity index (χ4n) is 2.88. The van der Waals surface area contributed by atoms with E-state index in [2.05, 4.69) is 19.9 Å². The molecule has 0 bridgehead atoms. The molecule has 0 spiro atoms. The molecule has 0 saturated carbocycles. The quantitative estimate of drug-likeness (QED) is 0.601. The van der Waals surface area contributed by atoms with Gasteiger partial charge >= 0.3 is 5.97 Å². The van der Waals surface area contributed by atoms with Crippen molar-refractivity contribution in [3.8, 4) is 0 Å². The Balaban J connectivity index is 1.79. The number of carboxylic acids is 1. The molecule has 2 N–H and O–H groups in total. The molecular formula is C16H14ClN5O3S2. The van der Waals surface area contributed by atoms with E-state index < -0.39 is 5.97 Å². The van der Waals surface area contributed by atoms with Crippen molar-refractivity contribution in [2.24, 2.45) is 0 Å². The number of ketones is 1. The average Bonchev–Trinajstić information content (AvgIpc) is 3.34. The van der Waals surface area contributed by atoms with E-state index in [9.17, 15) is 9.59 Å². The monoisotopic (exact) mass is 423 g/mol. The number of hydrogen-bond donors (Lipinski definition) is 2. The number of carbonyl (C=O) groups excluding carboxylic acids is 1. The summed E-state index contributed by atoms with van der Waals surface area (Å²) < 4.78 is 0.531. The Bertz CT molecular complexity index is 1060. The fourth-order valence-corrected chi connectivity index (χ4v) is 4.88. The van der Waals surface area contributed by atoms with Crippen LogP contribution < -0.4 is 4.90 Å². The lowest BCUT2D eigenvalue weighted by Gasteiger charge is -2.17. The van der Waals surface area contributed by atoms with Gasteiger partial charge in [-0.25, -0.2) is 19.7 Å². The first-order chi connectivity index (χ1) is 13.0. The molecule has 140 valence electrons. The van der Waals surface area contributed by atoms with E-state index in [1.54, 1.807) is 0 Å². The summed E-state index contributed by atoms with van der Waals surface area (Å²) in [5, 5.41) is 12.2. The third-order valence-electron chi connectivity index (χ3n) is 4.18. The Morgan fingerprint density at radius 2 is 2.26 bits per heavy atom. The number of aromatic carboxylic acids is 1. The first kappa shape index (κ1) is 18.2. The van der Waals surface area contributed by atoms with Crippen LogP contribution in [0.1, 0.15) is 29.5 Å². The zero-order chi connectivity index (χ0) is 19.1. The van der Waals surface area contributed by atoms with Crippen LogP contribution in [-0.4, -0.2) is 49.9 Å². The van der Waals surface area contributed by atoms with Crippen LogP contribution in [0.3, 0.4) is 0 Å². The summed E-state index contributed by atoms with van der Waals surface area (Å²) in [4.78, 5) is 41.1. The molecule has 1 fully saturated rings. The highest BCUT2D eigenvalue weighted by Gasteiger charge is 2.26. The third kappa shape index (κ3) is 3.40. The molecule has 27 heavy (non-hydrogen) atoms. The van der Waals surface area contributed by atoms with E-state index in [1.807, 2.05) is 11.8 Å². The van der Waals surface area contributed by atoms with Crippen LogP contribution in [-0.2, 0) is 11.2 Å². The second kappa shape index (κ2) is 7.10. The number of thiazole rings is 1. The molecule has 11 heteroatoms. The Kier molecular flexibility index (Phi) is 4.79. The molecule has 1 saturated heterocycles. The lowest BCUT2D eigenvalue weighted by Crippen LogP contribution is -2.21. The normalized spacial score (nSPS) is 14.4. The number of fused-ring (bicyclic) bond motifs is 1. The number of nitrogens with zero attached hydrogens (tertiary/aromatic N) is 4. The van der Waals surface area contributed by atoms with Crippen molar-refractivity contribution < 1.29 is 14.7 Å². The van der Waals surface area contributed by atoms with Crippen molar-refractivity contribution in [3.63, 3.8) is 0 Å². The lowest BCUT2D eigenvalue weighted by atomic mass is 10.3. The van der Waals surface area contributed by atoms with Gasteiger partial charge in [-0.2, -0.15) is 0 Å². The van der Waals surface area contributed by atoms with Gasteiger partial charge in [0.25, 0.3) is 0 Å². The van der Waals surface area contributed by atoms with Crippen molar-refractivity contribution in [1.29, 1.82) is 0 Å². The Labute approximate surface area is 167 Å². The molecule has 3 aromatic rings. The minimum absolute atomic E-state index is 0.00914. The smallest absolute Gasteiger partial charge is 0.355 e. The summed E-state index contributed by atoms with van der Waals surface area (Å²) in [7, 11) is 0. The first-order valence-electron chi connectivity index (χ1n) is 8.17. The van der Waals surface area contributed by atoms with Gasteiger partial charge in [-0.3, -0.25) is 4.79 Å². The van der Waals surface area contributed by atoms with Crippen LogP contribution in [0.2, 0.25) is 5.02 Å². The van der Waals surface area contributed by atoms with Gasteiger partial charge in [0, 0.05) is 24.0 Å². The molecule has 0 radical (unpaired) electrons. The maximum atomic E-state index is 11.8. The summed E-state index contributed by atoms with van der Waals surface area (Å²) in [5.41, 5.74) is 1.45. The van der Waals surface area contributed by atoms with Crippen LogP contribution in [0.5, 0.6) is 0 Å². The van der Waals surface area contributed by atoms with E-state index in [0.29, 0.717) is 57.3 Å². The molecule has 8 nitrogen and oxygen atoms in total. The SMILES string of the molecule is CCc1[nH]c2nc(Sc3nc(C(=O)O)cs3)nc(N3CCC(=O)C3)c2c1Cl. The van der Waals surface area contributed by atoms with Crippen molar-refractivity contribution in [2.75, 3.05) is 18.0 Å². The summed E-state index contributed by atoms with van der Waals surface area (Å²) >= 11 is 8.92. The van der Waals surface area contributed by atoms with Crippen molar-refractivity contribution >= 4 is 63.3 Å². The number of Topliss-reactive ketones (excluding diaryl/α,β-unsaturated/α-hetero) is 1. The summed E-state index contributed by atoms with van der Waals surface area (Å²) in [6.45, 7) is 2.86. The summed E-state index contributed by atoms with van der Waals surface area (Å²) in [6, 6.07) is 0. The number of aromatic amines is 1. The van der Waals surface area contributed by atoms with Crippen molar-refractivity contribution in [1.82, 2.24) is 19.9 Å². The van der Waals surface area contributed by atoms with Gasteiger partial charge in [0.2, 0.25) is 0 Å². The van der Waals surface area contributed by atoms with E-state index in [4.69, 9.17) is 16.7 Å². The average molecular weight is 424 g/mol. The molecule has 3 aromatic heterocycles. The van der Waals surface area contributed by atoms with Gasteiger partial charge in [-0.05, 0) is 18.2 Å². The number of carboxylic acid groups (broad SMARTS) is 1. The fraction of sp³-hybridized carbons (Fsp3) is 0.312. The number of aromatic nitrogens is 4. The number of nitrogens with one attached hydrogen (secondary N) is 1. The van der Waals surface area contributed by atoms with Crippen LogP contribution in [0, 0.1) is 0 Å². The van der Waals surface area contributed by atoms with E-state index in [-0.39, 0.29) is 11.5 Å². The van der Waals surface area contributed by atoms with E-state index in [1.165, 1.54) is 28.5 Å². The zero-order valence-electron chi connectivity index (χ0n) is 14.2. The second-order valence-corrected chi connectivity index (χ2v) is 8.39. The Morgan fingerprint density at radius 1 is 1.44 bits per heavy atom. The number of aryl methyl sites for hydroxylation is 1. The third-order valence-corrected chi connectivity index (χ3v) is 6.41. The van der Waals surface area contributed by atoms with Gasteiger partial charge in [-0.15, -0.1) is 11.3 Å². The molecule has 4 heterocycles. The topological polar surface area (TPSA) is 112 Å². The largest absolute Gasteiger partial charge is 0.476 e. The summed E-state index contributed by atoms with van der Waals surface area (Å²) in [6.07, 6.45) is 1.19. The Hall–Kier alpha value is -2.17. The molecule has 4 rings (SSSR count). The molecule has 0 amide bonds. The molecule has 0 aliphatic carbocycles. The molecule has 0 aromatic carbocycles. The van der Waals surface area contributed by atoms with Crippen LogP contribution in [0.25, 0.3) is 11.0 Å². The number of carbonyl (C=O) groups is 2. The van der Waals surface area contributed by atoms with Gasteiger partial charge in [0.1, 0.15) is 11.5 Å². The highest BCUT2D eigenvalue weighted by molar-refractivity contribution is 8.00. The van der Waals surface area contributed by atoms with Crippen LogP contribution in [0.4, 0.5) is 5.82 Å². The van der Waals surface area contributed by atoms with Gasteiger partial charge in [-0.1, -0.05) is 18.5 Å². The molecule has 0 unspecified atom stereocenters.